The number of H-pyrrole nitrogens is 1. The number of hydrogen-bond donors (Lipinski definition) is 3. The highest BCUT2D eigenvalue weighted by Gasteiger charge is 2.19. The van der Waals surface area contributed by atoms with Crippen LogP contribution in [0.4, 0.5) is 5.69 Å². The number of benzene rings is 1. The Bertz CT molecular complexity index is 766. The zero-order chi connectivity index (χ0) is 17.9. The largest absolute Gasteiger partial charge is 0.494 e. The summed E-state index contributed by atoms with van der Waals surface area (Å²) in [6.45, 7) is 6.28. The van der Waals surface area contributed by atoms with Crippen LogP contribution in [-0.4, -0.2) is 38.2 Å². The number of carboxylic acids is 1. The minimum Gasteiger partial charge on any atom is -0.494 e. The molecule has 6 nitrogen and oxygen atoms in total. The summed E-state index contributed by atoms with van der Waals surface area (Å²) >= 11 is 6.55. The van der Waals surface area contributed by atoms with Crippen molar-refractivity contribution in [3.63, 3.8) is 0 Å². The van der Waals surface area contributed by atoms with Crippen LogP contribution in [0.3, 0.4) is 0 Å². The van der Waals surface area contributed by atoms with E-state index >= 15 is 0 Å². The molecule has 130 valence electrons. The number of aliphatic carboxylic acids is 1. The van der Waals surface area contributed by atoms with Gasteiger partial charge in [-0.2, -0.15) is 0 Å². The van der Waals surface area contributed by atoms with E-state index in [0.717, 1.165) is 22.5 Å². The number of carbonyl (C=O) groups is 1. The van der Waals surface area contributed by atoms with Crippen molar-refractivity contribution in [1.82, 2.24) is 9.97 Å². The van der Waals surface area contributed by atoms with Crippen molar-refractivity contribution in [3.05, 3.63) is 18.0 Å². The fraction of sp³-hybridized carbons (Fsp3) is 0.438. The van der Waals surface area contributed by atoms with Crippen molar-refractivity contribution in [2.24, 2.45) is 0 Å². The van der Waals surface area contributed by atoms with E-state index in [0.29, 0.717) is 15.8 Å². The van der Waals surface area contributed by atoms with E-state index in [1.54, 1.807) is 7.11 Å². The molecule has 0 aliphatic heterocycles. The third-order valence-corrected chi connectivity index (χ3v) is 4.53. The average Bonchev–Trinajstić information content (AvgIpc) is 2.88. The molecular weight excluding hydrogens is 346 g/mol. The smallest absolute Gasteiger partial charge is 0.304 e. The van der Waals surface area contributed by atoms with Gasteiger partial charge in [0.25, 0.3) is 0 Å². The molecule has 0 aliphatic carbocycles. The highest BCUT2D eigenvalue weighted by molar-refractivity contribution is 8.23. The van der Waals surface area contributed by atoms with Crippen molar-refractivity contribution < 1.29 is 14.6 Å². The van der Waals surface area contributed by atoms with Gasteiger partial charge in [0, 0.05) is 17.2 Å². The SMILES string of the molecule is COc1cc2nc(C(C)(C)C)[nH]c2cc1NC(=S)SCCC(=O)O. The predicted octanol–water partition coefficient (Wildman–Crippen LogP) is 3.77. The van der Waals surface area contributed by atoms with Crippen LogP contribution in [0.5, 0.6) is 5.75 Å². The lowest BCUT2D eigenvalue weighted by Crippen LogP contribution is -2.12. The molecular formula is C16H21N3O3S2. The molecule has 0 amide bonds. The standard InChI is InChI=1S/C16H21N3O3S2/c1-16(2,3)14-17-9-7-11(12(22-4)8-10(9)18-14)19-15(23)24-6-5-13(20)21/h7-8H,5-6H2,1-4H3,(H,17,18)(H,19,23)(H,20,21). The Balaban J connectivity index is 2.22. The molecule has 0 saturated heterocycles. The van der Waals surface area contributed by atoms with Gasteiger partial charge in [-0.1, -0.05) is 44.8 Å². The molecule has 0 saturated carbocycles. The molecule has 0 bridgehead atoms. The molecule has 0 unspecified atom stereocenters. The van der Waals surface area contributed by atoms with Crippen LogP contribution in [0, 0.1) is 0 Å². The minimum absolute atomic E-state index is 0.0676. The summed E-state index contributed by atoms with van der Waals surface area (Å²) in [5, 5.41) is 11.8. The Morgan fingerprint density at radius 1 is 1.46 bits per heavy atom. The fourth-order valence-electron chi connectivity index (χ4n) is 2.04. The average molecular weight is 367 g/mol. The summed E-state index contributed by atoms with van der Waals surface area (Å²) in [5.41, 5.74) is 2.36. The number of rotatable bonds is 5. The fourth-order valence-corrected chi connectivity index (χ4v) is 3.04. The second kappa shape index (κ2) is 7.40. The van der Waals surface area contributed by atoms with Gasteiger partial charge in [-0.25, -0.2) is 4.98 Å². The molecule has 24 heavy (non-hydrogen) atoms. The summed E-state index contributed by atoms with van der Waals surface area (Å²) in [5.74, 6) is 1.12. The molecule has 2 rings (SSSR count). The second-order valence-electron chi connectivity index (χ2n) is 6.31. The Labute approximate surface area is 150 Å². The Kier molecular flexibility index (Phi) is 5.71. The number of hydrogen-bond acceptors (Lipinski definition) is 5. The van der Waals surface area contributed by atoms with Gasteiger partial charge < -0.3 is 20.1 Å². The monoisotopic (exact) mass is 367 g/mol. The van der Waals surface area contributed by atoms with Gasteiger partial charge in [0.2, 0.25) is 0 Å². The van der Waals surface area contributed by atoms with Crippen LogP contribution < -0.4 is 10.1 Å². The van der Waals surface area contributed by atoms with Crippen molar-refractivity contribution in [2.75, 3.05) is 18.2 Å². The van der Waals surface area contributed by atoms with Gasteiger partial charge in [0.05, 0.1) is 30.3 Å². The topological polar surface area (TPSA) is 87.2 Å². The first-order chi connectivity index (χ1) is 11.2. The molecule has 8 heteroatoms. The van der Waals surface area contributed by atoms with Gasteiger partial charge >= 0.3 is 5.97 Å². The zero-order valence-corrected chi connectivity index (χ0v) is 15.7. The second-order valence-corrected chi connectivity index (χ2v) is 8.08. The molecule has 1 aromatic heterocycles. The number of carboxylic acid groups (broad SMARTS) is 1. The van der Waals surface area contributed by atoms with Crippen LogP contribution in [0.1, 0.15) is 33.0 Å². The Morgan fingerprint density at radius 2 is 2.17 bits per heavy atom. The highest BCUT2D eigenvalue weighted by atomic mass is 32.2. The number of nitrogens with one attached hydrogen (secondary N) is 2. The number of ether oxygens (including phenoxy) is 1. The zero-order valence-electron chi connectivity index (χ0n) is 14.1. The van der Waals surface area contributed by atoms with E-state index in [4.69, 9.17) is 22.1 Å². The van der Waals surface area contributed by atoms with Crippen LogP contribution in [0.25, 0.3) is 11.0 Å². The molecule has 0 radical (unpaired) electrons. The number of thioether (sulfide) groups is 1. The lowest BCUT2D eigenvalue weighted by atomic mass is 9.96. The molecule has 3 N–H and O–H groups in total. The first-order valence-electron chi connectivity index (χ1n) is 7.44. The van der Waals surface area contributed by atoms with Gasteiger partial charge in [-0.15, -0.1) is 0 Å². The molecule has 1 heterocycles. The van der Waals surface area contributed by atoms with E-state index < -0.39 is 5.97 Å². The first kappa shape index (κ1) is 18.5. The summed E-state index contributed by atoms with van der Waals surface area (Å²) in [7, 11) is 1.59. The summed E-state index contributed by atoms with van der Waals surface area (Å²) in [6.07, 6.45) is 0.0676. The first-order valence-corrected chi connectivity index (χ1v) is 8.84. The van der Waals surface area contributed by atoms with Gasteiger partial charge in [0.1, 0.15) is 15.9 Å². The van der Waals surface area contributed by atoms with E-state index in [-0.39, 0.29) is 11.8 Å². The van der Waals surface area contributed by atoms with Crippen LogP contribution in [-0.2, 0) is 10.2 Å². The normalized spacial score (nSPS) is 11.5. The Hall–Kier alpha value is -1.80. The highest BCUT2D eigenvalue weighted by Crippen LogP contribution is 2.32. The maximum absolute atomic E-state index is 10.6. The number of imidazole rings is 1. The van der Waals surface area contributed by atoms with E-state index in [2.05, 4.69) is 36.1 Å². The quantitative estimate of drug-likeness (QED) is 0.693. The number of methoxy groups -OCH3 is 1. The Morgan fingerprint density at radius 3 is 2.75 bits per heavy atom. The van der Waals surface area contributed by atoms with Gasteiger partial charge in [0.15, 0.2) is 0 Å². The van der Waals surface area contributed by atoms with Crippen molar-refractivity contribution in [3.8, 4) is 5.75 Å². The third-order valence-electron chi connectivity index (χ3n) is 3.30. The lowest BCUT2D eigenvalue weighted by Gasteiger charge is -2.13. The summed E-state index contributed by atoms with van der Waals surface area (Å²) in [4.78, 5) is 18.5. The molecule has 0 aliphatic rings. The molecule has 0 fully saturated rings. The van der Waals surface area contributed by atoms with E-state index in [1.807, 2.05) is 12.1 Å². The van der Waals surface area contributed by atoms with E-state index in [9.17, 15) is 4.79 Å². The van der Waals surface area contributed by atoms with Crippen LogP contribution in [0.15, 0.2) is 12.1 Å². The predicted molar refractivity (Wildman–Crippen MR) is 102 cm³/mol. The van der Waals surface area contributed by atoms with Crippen molar-refractivity contribution in [2.45, 2.75) is 32.6 Å². The lowest BCUT2D eigenvalue weighted by molar-refractivity contribution is -0.136. The number of anilines is 1. The summed E-state index contributed by atoms with van der Waals surface area (Å²) in [6, 6.07) is 3.76. The van der Waals surface area contributed by atoms with Crippen molar-refractivity contribution in [1.29, 1.82) is 0 Å². The van der Waals surface area contributed by atoms with E-state index in [1.165, 1.54) is 11.8 Å². The van der Waals surface area contributed by atoms with Gasteiger partial charge in [-0.05, 0) is 6.07 Å². The minimum atomic E-state index is -0.837. The summed E-state index contributed by atoms with van der Waals surface area (Å²) < 4.78 is 5.92. The molecule has 0 atom stereocenters. The maximum Gasteiger partial charge on any atom is 0.304 e. The number of thiocarbonyl (C=S) groups is 1. The molecule has 0 spiro atoms. The number of fused-ring (bicyclic) bond motifs is 1. The van der Waals surface area contributed by atoms with Crippen molar-refractivity contribution >= 4 is 51.0 Å². The number of nitrogens with zero attached hydrogens (tertiary/aromatic N) is 1. The maximum atomic E-state index is 10.6. The number of aromatic nitrogens is 2. The van der Waals surface area contributed by atoms with Crippen LogP contribution in [0.2, 0.25) is 0 Å². The number of aromatic amines is 1. The van der Waals surface area contributed by atoms with Crippen LogP contribution >= 0.6 is 24.0 Å². The molecule has 1 aromatic carbocycles. The van der Waals surface area contributed by atoms with Gasteiger partial charge in [-0.3, -0.25) is 4.79 Å². The third kappa shape index (κ3) is 4.61. The molecule has 2 aromatic rings.